The zero-order valence-corrected chi connectivity index (χ0v) is 10.2. The van der Waals surface area contributed by atoms with Crippen molar-refractivity contribution in [2.75, 3.05) is 5.32 Å². The van der Waals surface area contributed by atoms with E-state index in [2.05, 4.69) is 20.5 Å². The lowest BCUT2D eigenvalue weighted by atomic mass is 10.1. The first kappa shape index (κ1) is 11.3. The summed E-state index contributed by atoms with van der Waals surface area (Å²) in [5.41, 5.74) is 0.352. The molecular weight excluding hydrogens is 230 g/mol. The zero-order valence-electron chi connectivity index (χ0n) is 10.2. The van der Waals surface area contributed by atoms with Gasteiger partial charge in [-0.15, -0.1) is 0 Å². The molecule has 2 N–H and O–H groups in total. The summed E-state index contributed by atoms with van der Waals surface area (Å²) in [5, 5.41) is 9.78. The Morgan fingerprint density at radius 1 is 1.28 bits per heavy atom. The van der Waals surface area contributed by atoms with Crippen molar-refractivity contribution in [2.24, 2.45) is 0 Å². The lowest BCUT2D eigenvalue weighted by molar-refractivity contribution is 0.617. The minimum absolute atomic E-state index is 0.251. The van der Waals surface area contributed by atoms with E-state index in [1.165, 1.54) is 49.3 Å². The Morgan fingerprint density at radius 3 is 2.83 bits per heavy atom. The Bertz CT molecular complexity index is 579. The van der Waals surface area contributed by atoms with Crippen LogP contribution in [0.3, 0.4) is 0 Å². The van der Waals surface area contributed by atoms with Gasteiger partial charge < -0.3 is 5.32 Å². The monoisotopic (exact) mass is 247 g/mol. The van der Waals surface area contributed by atoms with E-state index in [1.807, 2.05) is 6.07 Å². The molecule has 2 aromatic rings. The van der Waals surface area contributed by atoms with Crippen molar-refractivity contribution in [3.63, 3.8) is 0 Å². The van der Waals surface area contributed by atoms with Crippen LogP contribution in [0.2, 0.25) is 0 Å². The van der Waals surface area contributed by atoms with Gasteiger partial charge in [0.15, 0.2) is 5.65 Å². The second kappa shape index (κ2) is 4.80. The van der Waals surface area contributed by atoms with Crippen LogP contribution in [0.5, 0.6) is 0 Å². The van der Waals surface area contributed by atoms with E-state index in [-0.39, 0.29) is 5.69 Å². The maximum Gasteiger partial charge on any atom is 0.348 e. The van der Waals surface area contributed by atoms with Crippen LogP contribution in [0, 0.1) is 0 Å². The molecule has 0 aliphatic heterocycles. The van der Waals surface area contributed by atoms with Gasteiger partial charge >= 0.3 is 5.69 Å². The van der Waals surface area contributed by atoms with E-state index in [1.54, 1.807) is 0 Å². The molecule has 2 heterocycles. The van der Waals surface area contributed by atoms with Crippen molar-refractivity contribution >= 4 is 11.5 Å². The smallest absolute Gasteiger partial charge is 0.348 e. The average molecular weight is 247 g/mol. The maximum absolute atomic E-state index is 11.3. The molecule has 1 fully saturated rings. The van der Waals surface area contributed by atoms with Crippen molar-refractivity contribution < 1.29 is 0 Å². The fraction of sp³-hybridized carbons (Fsp3) is 0.583. The lowest BCUT2D eigenvalue weighted by Gasteiger charge is -2.16. The molecule has 6 nitrogen and oxygen atoms in total. The summed E-state index contributed by atoms with van der Waals surface area (Å²) in [5.74, 6) is 0.799. The number of nitrogens with one attached hydrogen (secondary N) is 2. The Labute approximate surface area is 104 Å². The number of rotatable bonds is 2. The first-order chi connectivity index (χ1) is 8.83. The van der Waals surface area contributed by atoms with Gasteiger partial charge in [-0.3, -0.25) is 0 Å². The first-order valence-electron chi connectivity index (χ1n) is 6.52. The van der Waals surface area contributed by atoms with Gasteiger partial charge in [0.05, 0.1) is 0 Å². The molecule has 0 aromatic carbocycles. The van der Waals surface area contributed by atoms with Crippen molar-refractivity contribution in [2.45, 2.75) is 44.6 Å². The van der Waals surface area contributed by atoms with Gasteiger partial charge in [0.2, 0.25) is 0 Å². The Kier molecular flexibility index (Phi) is 3.00. The summed E-state index contributed by atoms with van der Waals surface area (Å²) in [6.45, 7) is 0. The molecule has 0 radical (unpaired) electrons. The van der Waals surface area contributed by atoms with Crippen LogP contribution in [0.1, 0.15) is 38.5 Å². The topological polar surface area (TPSA) is 75.1 Å². The summed E-state index contributed by atoms with van der Waals surface area (Å²) in [6.07, 6.45) is 9.13. The fourth-order valence-electron chi connectivity index (χ4n) is 2.52. The lowest BCUT2D eigenvalue weighted by Crippen LogP contribution is -2.19. The Hall–Kier alpha value is -1.85. The van der Waals surface area contributed by atoms with Crippen LogP contribution in [0.15, 0.2) is 17.2 Å². The molecule has 2 aromatic heterocycles. The first-order valence-corrected chi connectivity index (χ1v) is 6.52. The van der Waals surface area contributed by atoms with Gasteiger partial charge in [0.1, 0.15) is 12.1 Å². The van der Waals surface area contributed by atoms with Crippen LogP contribution in [0.4, 0.5) is 5.82 Å². The molecule has 0 saturated heterocycles. The zero-order chi connectivity index (χ0) is 12.4. The minimum atomic E-state index is -0.251. The molecule has 0 amide bonds. The van der Waals surface area contributed by atoms with Gasteiger partial charge in [-0.1, -0.05) is 25.7 Å². The summed E-state index contributed by atoms with van der Waals surface area (Å²) in [6, 6.07) is 2.30. The Morgan fingerprint density at radius 2 is 2.06 bits per heavy atom. The van der Waals surface area contributed by atoms with Gasteiger partial charge in [0, 0.05) is 12.1 Å². The van der Waals surface area contributed by atoms with Crippen molar-refractivity contribution in [1.29, 1.82) is 0 Å². The third-order valence-electron chi connectivity index (χ3n) is 3.52. The predicted octanol–water partition coefficient (Wildman–Crippen LogP) is 1.55. The quantitative estimate of drug-likeness (QED) is 0.789. The average Bonchev–Trinajstić information content (AvgIpc) is 2.60. The summed E-state index contributed by atoms with van der Waals surface area (Å²) < 4.78 is 1.40. The highest BCUT2D eigenvalue weighted by Crippen LogP contribution is 2.20. The molecule has 18 heavy (non-hydrogen) atoms. The van der Waals surface area contributed by atoms with Crippen molar-refractivity contribution in [3.05, 3.63) is 22.9 Å². The molecule has 3 rings (SSSR count). The van der Waals surface area contributed by atoms with E-state index >= 15 is 0 Å². The molecule has 0 spiro atoms. The van der Waals surface area contributed by atoms with E-state index in [0.29, 0.717) is 11.7 Å². The summed E-state index contributed by atoms with van der Waals surface area (Å²) in [4.78, 5) is 15.6. The standard InChI is InChI=1S/C12H17N5O/c18-12-16-15-11-7-10(13-8-17(11)12)14-9-5-3-1-2-4-6-9/h7-9,14H,1-6H2,(H,16,18). The third-order valence-corrected chi connectivity index (χ3v) is 3.52. The molecule has 1 saturated carbocycles. The number of nitrogens with zero attached hydrogens (tertiary/aromatic N) is 3. The highest BCUT2D eigenvalue weighted by Gasteiger charge is 2.12. The van der Waals surface area contributed by atoms with Gasteiger partial charge in [-0.05, 0) is 12.8 Å². The molecule has 0 bridgehead atoms. The number of fused-ring (bicyclic) bond motifs is 1. The molecule has 0 atom stereocenters. The van der Waals surface area contributed by atoms with Gasteiger partial charge in [-0.2, -0.15) is 5.10 Å². The molecule has 1 aliphatic rings. The number of anilines is 1. The normalized spacial score (nSPS) is 17.8. The summed E-state index contributed by atoms with van der Waals surface area (Å²) >= 11 is 0. The number of hydrogen-bond acceptors (Lipinski definition) is 4. The number of aromatic nitrogens is 4. The highest BCUT2D eigenvalue weighted by molar-refractivity contribution is 5.48. The highest BCUT2D eigenvalue weighted by atomic mass is 16.1. The van der Waals surface area contributed by atoms with Gasteiger partial charge in [0.25, 0.3) is 0 Å². The van der Waals surface area contributed by atoms with Crippen LogP contribution in [-0.2, 0) is 0 Å². The molecule has 1 aliphatic carbocycles. The maximum atomic E-state index is 11.3. The fourth-order valence-corrected chi connectivity index (χ4v) is 2.52. The van der Waals surface area contributed by atoms with Crippen LogP contribution in [-0.4, -0.2) is 25.6 Å². The third kappa shape index (κ3) is 2.23. The second-order valence-corrected chi connectivity index (χ2v) is 4.86. The largest absolute Gasteiger partial charge is 0.367 e. The summed E-state index contributed by atoms with van der Waals surface area (Å²) in [7, 11) is 0. The van der Waals surface area contributed by atoms with E-state index in [9.17, 15) is 4.79 Å². The van der Waals surface area contributed by atoms with Crippen LogP contribution >= 0.6 is 0 Å². The second-order valence-electron chi connectivity index (χ2n) is 4.86. The van der Waals surface area contributed by atoms with Crippen molar-refractivity contribution in [1.82, 2.24) is 19.6 Å². The molecular formula is C12H17N5O. The van der Waals surface area contributed by atoms with Gasteiger partial charge in [-0.25, -0.2) is 19.3 Å². The minimum Gasteiger partial charge on any atom is -0.367 e. The predicted molar refractivity (Wildman–Crippen MR) is 68.7 cm³/mol. The molecule has 6 heteroatoms. The number of H-pyrrole nitrogens is 1. The van der Waals surface area contributed by atoms with E-state index < -0.39 is 0 Å². The van der Waals surface area contributed by atoms with Crippen LogP contribution < -0.4 is 11.0 Å². The number of aromatic amines is 1. The molecule has 0 unspecified atom stereocenters. The van der Waals surface area contributed by atoms with E-state index in [4.69, 9.17) is 0 Å². The van der Waals surface area contributed by atoms with E-state index in [0.717, 1.165) is 5.82 Å². The number of hydrogen-bond donors (Lipinski definition) is 2. The van der Waals surface area contributed by atoms with Crippen molar-refractivity contribution in [3.8, 4) is 0 Å². The Balaban J connectivity index is 1.79. The molecule has 96 valence electrons. The SMILES string of the molecule is O=c1[nH]nc2cc(NC3CCCCCC3)ncn12. The van der Waals surface area contributed by atoms with Crippen LogP contribution in [0.25, 0.3) is 5.65 Å².